The lowest BCUT2D eigenvalue weighted by Crippen LogP contribution is -2.00. The molecule has 0 fully saturated rings. The quantitative estimate of drug-likeness (QED) is 0.516. The summed E-state index contributed by atoms with van der Waals surface area (Å²) >= 11 is 0. The molecule has 0 aliphatic heterocycles. The number of nitrogens with two attached hydrogens (primary N) is 1. The number of anilines is 3. The second-order valence-corrected chi connectivity index (χ2v) is 5.74. The molecule has 0 aliphatic rings. The van der Waals surface area contributed by atoms with Crippen LogP contribution in [-0.2, 0) is 12.8 Å². The summed E-state index contributed by atoms with van der Waals surface area (Å²) in [6.07, 6.45) is 2.75. The average molecular weight is 316 g/mol. The van der Waals surface area contributed by atoms with E-state index in [9.17, 15) is 4.79 Å². The van der Waals surface area contributed by atoms with Crippen LogP contribution in [0.4, 0.5) is 17.1 Å². The molecule has 3 rings (SSSR count). The Kier molecular flexibility index (Phi) is 4.92. The van der Waals surface area contributed by atoms with Crippen molar-refractivity contribution in [2.75, 3.05) is 11.1 Å². The highest BCUT2D eigenvalue weighted by atomic mass is 16.1. The van der Waals surface area contributed by atoms with Gasteiger partial charge in [0.15, 0.2) is 6.29 Å². The normalized spacial score (nSPS) is 10.3. The molecule has 120 valence electrons. The topological polar surface area (TPSA) is 55.1 Å². The Morgan fingerprint density at radius 1 is 0.792 bits per heavy atom. The second kappa shape index (κ2) is 7.47. The molecule has 0 radical (unpaired) electrons. The maximum atomic E-state index is 11.3. The third kappa shape index (κ3) is 3.82. The minimum atomic E-state index is 0.627. The standard InChI is InChI=1S/C21H20N2O/c22-19-8-4-5-9-20(19)23-21-14-17(12-13-18(21)15-24)11-10-16-6-2-1-3-7-16/h1-9,12-15,23H,10-11,22H2. The van der Waals surface area contributed by atoms with Gasteiger partial charge in [0.05, 0.1) is 11.4 Å². The summed E-state index contributed by atoms with van der Waals surface area (Å²) in [4.78, 5) is 11.3. The van der Waals surface area contributed by atoms with Gasteiger partial charge in [-0.05, 0) is 48.2 Å². The number of nitrogen functional groups attached to an aromatic ring is 1. The van der Waals surface area contributed by atoms with E-state index in [1.54, 1.807) is 0 Å². The van der Waals surface area contributed by atoms with Crippen molar-refractivity contribution in [2.45, 2.75) is 12.8 Å². The molecule has 0 amide bonds. The molecule has 3 aromatic rings. The fourth-order valence-corrected chi connectivity index (χ4v) is 2.66. The van der Waals surface area contributed by atoms with Gasteiger partial charge in [-0.2, -0.15) is 0 Å². The van der Waals surface area contributed by atoms with E-state index in [1.165, 1.54) is 11.1 Å². The van der Waals surface area contributed by atoms with Crippen LogP contribution >= 0.6 is 0 Å². The first kappa shape index (κ1) is 15.8. The Balaban J connectivity index is 1.80. The van der Waals surface area contributed by atoms with Gasteiger partial charge in [-0.15, -0.1) is 0 Å². The lowest BCUT2D eigenvalue weighted by Gasteiger charge is -2.13. The van der Waals surface area contributed by atoms with E-state index >= 15 is 0 Å². The molecular weight excluding hydrogens is 296 g/mol. The summed E-state index contributed by atoms with van der Waals surface area (Å²) in [6.45, 7) is 0. The number of carbonyl (C=O) groups excluding carboxylic acids is 1. The van der Waals surface area contributed by atoms with E-state index < -0.39 is 0 Å². The van der Waals surface area contributed by atoms with Gasteiger partial charge in [0.2, 0.25) is 0 Å². The fraction of sp³-hybridized carbons (Fsp3) is 0.0952. The zero-order valence-corrected chi connectivity index (χ0v) is 13.4. The number of aryl methyl sites for hydroxylation is 2. The summed E-state index contributed by atoms with van der Waals surface area (Å²) in [7, 11) is 0. The van der Waals surface area contributed by atoms with Gasteiger partial charge in [-0.1, -0.05) is 48.5 Å². The molecule has 0 unspecified atom stereocenters. The molecule has 3 N–H and O–H groups in total. The predicted molar refractivity (Wildman–Crippen MR) is 99.8 cm³/mol. The van der Waals surface area contributed by atoms with Crippen molar-refractivity contribution < 1.29 is 4.79 Å². The number of nitrogens with one attached hydrogen (secondary N) is 1. The first-order valence-corrected chi connectivity index (χ1v) is 8.00. The predicted octanol–water partition coefficient (Wildman–Crippen LogP) is 4.61. The molecule has 3 nitrogen and oxygen atoms in total. The largest absolute Gasteiger partial charge is 0.397 e. The van der Waals surface area contributed by atoms with Gasteiger partial charge in [-0.3, -0.25) is 4.79 Å². The lowest BCUT2D eigenvalue weighted by molar-refractivity contribution is 0.112. The van der Waals surface area contributed by atoms with Crippen molar-refractivity contribution >= 4 is 23.3 Å². The third-order valence-electron chi connectivity index (χ3n) is 4.02. The Morgan fingerprint density at radius 2 is 1.50 bits per heavy atom. The Morgan fingerprint density at radius 3 is 2.25 bits per heavy atom. The van der Waals surface area contributed by atoms with Crippen LogP contribution in [0.1, 0.15) is 21.5 Å². The van der Waals surface area contributed by atoms with Crippen LogP contribution in [0.2, 0.25) is 0 Å². The van der Waals surface area contributed by atoms with Gasteiger partial charge in [0.1, 0.15) is 0 Å². The van der Waals surface area contributed by atoms with E-state index in [0.717, 1.165) is 30.5 Å². The first-order chi connectivity index (χ1) is 11.8. The monoisotopic (exact) mass is 316 g/mol. The highest BCUT2D eigenvalue weighted by Gasteiger charge is 2.06. The molecule has 0 atom stereocenters. The minimum absolute atomic E-state index is 0.627. The number of hydrogen-bond donors (Lipinski definition) is 2. The third-order valence-corrected chi connectivity index (χ3v) is 4.02. The summed E-state index contributed by atoms with van der Waals surface area (Å²) in [5.41, 5.74) is 11.3. The maximum absolute atomic E-state index is 11.3. The van der Waals surface area contributed by atoms with Crippen LogP contribution in [0.15, 0.2) is 72.8 Å². The van der Waals surface area contributed by atoms with Crippen LogP contribution < -0.4 is 11.1 Å². The zero-order valence-electron chi connectivity index (χ0n) is 13.4. The maximum Gasteiger partial charge on any atom is 0.152 e. The van der Waals surface area contributed by atoms with Crippen molar-refractivity contribution in [3.8, 4) is 0 Å². The Labute approximate surface area is 142 Å². The number of rotatable bonds is 6. The summed E-state index contributed by atoms with van der Waals surface area (Å²) < 4.78 is 0. The molecule has 0 saturated heterocycles. The lowest BCUT2D eigenvalue weighted by atomic mass is 10.0. The van der Waals surface area contributed by atoms with Crippen molar-refractivity contribution in [1.29, 1.82) is 0 Å². The van der Waals surface area contributed by atoms with E-state index in [4.69, 9.17) is 5.73 Å². The summed E-state index contributed by atoms with van der Waals surface area (Å²) in [6, 6.07) is 23.8. The van der Waals surface area contributed by atoms with E-state index in [-0.39, 0.29) is 0 Å². The van der Waals surface area contributed by atoms with Crippen molar-refractivity contribution in [3.05, 3.63) is 89.5 Å². The molecule has 0 aromatic heterocycles. The molecular formula is C21H20N2O. The van der Waals surface area contributed by atoms with Crippen LogP contribution in [0.25, 0.3) is 0 Å². The van der Waals surface area contributed by atoms with Crippen molar-refractivity contribution in [1.82, 2.24) is 0 Å². The molecule has 0 saturated carbocycles. The van der Waals surface area contributed by atoms with Crippen LogP contribution in [0.5, 0.6) is 0 Å². The van der Waals surface area contributed by atoms with Crippen LogP contribution in [0, 0.1) is 0 Å². The SMILES string of the molecule is Nc1ccccc1Nc1cc(CCc2ccccc2)ccc1C=O. The Bertz CT molecular complexity index is 828. The summed E-state index contributed by atoms with van der Waals surface area (Å²) in [5, 5.41) is 3.27. The molecule has 0 aliphatic carbocycles. The smallest absolute Gasteiger partial charge is 0.152 e. The molecule has 24 heavy (non-hydrogen) atoms. The first-order valence-electron chi connectivity index (χ1n) is 8.00. The number of aldehydes is 1. The fourth-order valence-electron chi connectivity index (χ4n) is 2.66. The number of carbonyl (C=O) groups is 1. The number of para-hydroxylation sites is 2. The Hall–Kier alpha value is -3.07. The van der Waals surface area contributed by atoms with Crippen LogP contribution in [0.3, 0.4) is 0 Å². The van der Waals surface area contributed by atoms with E-state index in [2.05, 4.69) is 29.6 Å². The summed E-state index contributed by atoms with van der Waals surface area (Å²) in [5.74, 6) is 0. The zero-order chi connectivity index (χ0) is 16.8. The molecule has 0 heterocycles. The number of hydrogen-bond acceptors (Lipinski definition) is 3. The molecule has 0 bridgehead atoms. The van der Waals surface area contributed by atoms with Crippen molar-refractivity contribution in [3.63, 3.8) is 0 Å². The second-order valence-electron chi connectivity index (χ2n) is 5.74. The van der Waals surface area contributed by atoms with Gasteiger partial charge >= 0.3 is 0 Å². The molecule has 0 spiro atoms. The number of benzene rings is 3. The molecule has 3 heteroatoms. The van der Waals surface area contributed by atoms with Gasteiger partial charge in [-0.25, -0.2) is 0 Å². The van der Waals surface area contributed by atoms with Gasteiger partial charge in [0, 0.05) is 11.3 Å². The highest BCUT2D eigenvalue weighted by molar-refractivity contribution is 5.87. The average Bonchev–Trinajstić information content (AvgIpc) is 2.63. The van der Waals surface area contributed by atoms with Gasteiger partial charge in [0.25, 0.3) is 0 Å². The van der Waals surface area contributed by atoms with Crippen LogP contribution in [-0.4, -0.2) is 6.29 Å². The van der Waals surface area contributed by atoms with E-state index in [1.807, 2.05) is 48.5 Å². The van der Waals surface area contributed by atoms with E-state index in [0.29, 0.717) is 11.3 Å². The molecule has 3 aromatic carbocycles. The van der Waals surface area contributed by atoms with Crippen molar-refractivity contribution in [2.24, 2.45) is 0 Å². The van der Waals surface area contributed by atoms with Gasteiger partial charge < -0.3 is 11.1 Å². The highest BCUT2D eigenvalue weighted by Crippen LogP contribution is 2.26. The minimum Gasteiger partial charge on any atom is -0.397 e.